The predicted molar refractivity (Wildman–Crippen MR) is 84.5 cm³/mol. The molecule has 3 nitrogen and oxygen atoms in total. The molecule has 4 heterocycles. The van der Waals surface area contributed by atoms with E-state index in [1.165, 1.54) is 28.3 Å². The molecule has 0 aliphatic carbocycles. The van der Waals surface area contributed by atoms with Crippen LogP contribution in [0.25, 0.3) is 0 Å². The molecule has 0 N–H and O–H groups in total. The second kappa shape index (κ2) is 5.87. The number of hydrogen-bond donors (Lipinski definition) is 0. The predicted octanol–water partition coefficient (Wildman–Crippen LogP) is 3.59. The van der Waals surface area contributed by atoms with E-state index in [4.69, 9.17) is 4.74 Å². The molecular formula is C17H20N2OS. The van der Waals surface area contributed by atoms with E-state index < -0.39 is 0 Å². The van der Waals surface area contributed by atoms with Crippen LogP contribution >= 0.6 is 11.3 Å². The number of likely N-dealkylation sites (tertiary alicyclic amines) is 1. The topological polar surface area (TPSA) is 25.4 Å². The van der Waals surface area contributed by atoms with Crippen LogP contribution in [-0.4, -0.2) is 29.6 Å². The zero-order valence-electron chi connectivity index (χ0n) is 12.1. The van der Waals surface area contributed by atoms with Gasteiger partial charge in [-0.2, -0.15) is 0 Å². The summed E-state index contributed by atoms with van der Waals surface area (Å²) in [5.41, 5.74) is 1.24. The summed E-state index contributed by atoms with van der Waals surface area (Å²) < 4.78 is 5.76. The van der Waals surface area contributed by atoms with Gasteiger partial charge in [-0.3, -0.25) is 9.88 Å². The molecule has 2 aliphatic rings. The maximum absolute atomic E-state index is 5.76. The molecule has 0 amide bonds. The average Bonchev–Trinajstić information content (AvgIpc) is 3.14. The first-order valence-corrected chi connectivity index (χ1v) is 8.53. The molecule has 1 atom stereocenters. The van der Waals surface area contributed by atoms with Crippen LogP contribution in [0.15, 0.2) is 36.5 Å². The van der Waals surface area contributed by atoms with Crippen LogP contribution in [0.5, 0.6) is 0 Å². The third-order valence-corrected chi connectivity index (χ3v) is 5.53. The highest BCUT2D eigenvalue weighted by atomic mass is 32.1. The molecule has 0 saturated carbocycles. The summed E-state index contributed by atoms with van der Waals surface area (Å²) in [4.78, 5) is 9.83. The van der Waals surface area contributed by atoms with Gasteiger partial charge in [-0.15, -0.1) is 11.3 Å². The molecule has 1 unspecified atom stereocenters. The highest BCUT2D eigenvalue weighted by Gasteiger charge is 2.29. The van der Waals surface area contributed by atoms with Gasteiger partial charge in [0.1, 0.15) is 0 Å². The molecule has 2 aliphatic heterocycles. The van der Waals surface area contributed by atoms with Crippen molar-refractivity contribution in [1.29, 1.82) is 0 Å². The third-order valence-electron chi connectivity index (χ3n) is 4.37. The van der Waals surface area contributed by atoms with Gasteiger partial charge in [-0.25, -0.2) is 0 Å². The fourth-order valence-corrected chi connectivity index (χ4v) is 4.32. The van der Waals surface area contributed by atoms with Gasteiger partial charge in [0.2, 0.25) is 0 Å². The minimum Gasteiger partial charge on any atom is -0.373 e. The number of ether oxygens (including phenoxy) is 1. The smallest absolute Gasteiger partial charge is 0.0917 e. The van der Waals surface area contributed by atoms with E-state index in [9.17, 15) is 0 Å². The standard InChI is InChI=1S/C17H20N2OS/c1-2-8-18-15(4-1)13-10-19(11-13)12-14-6-7-17(21-14)16-5-3-9-20-16/h1-2,4,6-8,13,16H,3,5,9-12H2. The highest BCUT2D eigenvalue weighted by Crippen LogP contribution is 2.35. The van der Waals surface area contributed by atoms with Crippen molar-refractivity contribution in [2.75, 3.05) is 19.7 Å². The van der Waals surface area contributed by atoms with Crippen molar-refractivity contribution in [3.8, 4) is 0 Å². The molecule has 2 aromatic rings. The molecule has 4 heteroatoms. The van der Waals surface area contributed by atoms with E-state index >= 15 is 0 Å². The summed E-state index contributed by atoms with van der Waals surface area (Å²) in [5.74, 6) is 0.615. The van der Waals surface area contributed by atoms with Crippen molar-refractivity contribution in [3.05, 3.63) is 52.0 Å². The van der Waals surface area contributed by atoms with Gasteiger partial charge < -0.3 is 4.74 Å². The van der Waals surface area contributed by atoms with E-state index in [1.54, 1.807) is 0 Å². The summed E-state index contributed by atoms with van der Waals surface area (Å²) in [5, 5.41) is 0. The fourth-order valence-electron chi connectivity index (χ4n) is 3.18. The number of hydrogen-bond acceptors (Lipinski definition) is 4. The summed E-state index contributed by atoms with van der Waals surface area (Å²) in [6.45, 7) is 4.25. The fraction of sp³-hybridized carbons (Fsp3) is 0.471. The summed E-state index contributed by atoms with van der Waals surface area (Å²) >= 11 is 1.92. The van der Waals surface area contributed by atoms with Gasteiger partial charge in [-0.05, 0) is 37.1 Å². The Morgan fingerprint density at radius 2 is 2.19 bits per heavy atom. The summed E-state index contributed by atoms with van der Waals surface area (Å²) in [7, 11) is 0. The van der Waals surface area contributed by atoms with Gasteiger partial charge in [0.25, 0.3) is 0 Å². The minimum absolute atomic E-state index is 0.362. The SMILES string of the molecule is c1ccc(C2CN(Cc3ccc(C4CCCO4)s3)C2)nc1. The van der Waals surface area contributed by atoms with Gasteiger partial charge in [0.15, 0.2) is 0 Å². The van der Waals surface area contributed by atoms with E-state index in [0.29, 0.717) is 12.0 Å². The molecule has 2 aromatic heterocycles. The van der Waals surface area contributed by atoms with Gasteiger partial charge in [-0.1, -0.05) is 6.07 Å². The first-order valence-electron chi connectivity index (χ1n) is 7.72. The molecule has 2 fully saturated rings. The Kier molecular flexibility index (Phi) is 3.76. The Morgan fingerprint density at radius 3 is 2.95 bits per heavy atom. The van der Waals surface area contributed by atoms with E-state index in [0.717, 1.165) is 26.2 Å². The molecule has 4 rings (SSSR count). The van der Waals surface area contributed by atoms with Crippen molar-refractivity contribution >= 4 is 11.3 Å². The Hall–Kier alpha value is -1.23. The number of nitrogens with zero attached hydrogens (tertiary/aromatic N) is 2. The number of pyridine rings is 1. The Bertz CT molecular complexity index is 586. The highest BCUT2D eigenvalue weighted by molar-refractivity contribution is 7.12. The lowest BCUT2D eigenvalue weighted by Gasteiger charge is -2.38. The molecule has 110 valence electrons. The zero-order chi connectivity index (χ0) is 14.1. The molecule has 0 radical (unpaired) electrons. The largest absolute Gasteiger partial charge is 0.373 e. The van der Waals surface area contributed by atoms with Gasteiger partial charge in [0, 0.05) is 53.8 Å². The number of thiophene rings is 1. The summed E-state index contributed by atoms with van der Waals surface area (Å²) in [6, 6.07) is 10.7. The molecular weight excluding hydrogens is 280 g/mol. The molecule has 21 heavy (non-hydrogen) atoms. The Balaban J connectivity index is 1.32. The van der Waals surface area contributed by atoms with Crippen molar-refractivity contribution in [1.82, 2.24) is 9.88 Å². The first-order chi connectivity index (χ1) is 10.4. The first kappa shape index (κ1) is 13.4. The van der Waals surface area contributed by atoms with Gasteiger partial charge in [0.05, 0.1) is 6.10 Å². The average molecular weight is 300 g/mol. The molecule has 0 spiro atoms. The van der Waals surface area contributed by atoms with Crippen LogP contribution in [-0.2, 0) is 11.3 Å². The van der Waals surface area contributed by atoms with Crippen molar-refractivity contribution in [2.24, 2.45) is 0 Å². The lowest BCUT2D eigenvalue weighted by molar-refractivity contribution is 0.114. The molecule has 0 bridgehead atoms. The van der Waals surface area contributed by atoms with Crippen LogP contribution in [0.1, 0.15) is 40.3 Å². The second-order valence-corrected chi connectivity index (χ2v) is 7.15. The van der Waals surface area contributed by atoms with E-state index in [1.807, 2.05) is 23.6 Å². The van der Waals surface area contributed by atoms with Crippen LogP contribution in [0.2, 0.25) is 0 Å². The van der Waals surface area contributed by atoms with Crippen molar-refractivity contribution in [3.63, 3.8) is 0 Å². The summed E-state index contributed by atoms with van der Waals surface area (Å²) in [6.07, 6.45) is 4.65. The minimum atomic E-state index is 0.362. The van der Waals surface area contributed by atoms with Crippen molar-refractivity contribution in [2.45, 2.75) is 31.4 Å². The monoisotopic (exact) mass is 300 g/mol. The van der Waals surface area contributed by atoms with Crippen molar-refractivity contribution < 1.29 is 4.74 Å². The lowest BCUT2D eigenvalue weighted by Crippen LogP contribution is -2.44. The Morgan fingerprint density at radius 1 is 1.24 bits per heavy atom. The maximum Gasteiger partial charge on any atom is 0.0917 e. The third kappa shape index (κ3) is 2.89. The van der Waals surface area contributed by atoms with Crippen LogP contribution in [0.3, 0.4) is 0 Å². The number of rotatable bonds is 4. The number of aromatic nitrogens is 1. The van der Waals surface area contributed by atoms with Crippen LogP contribution < -0.4 is 0 Å². The molecule has 0 aromatic carbocycles. The van der Waals surface area contributed by atoms with Crippen LogP contribution in [0.4, 0.5) is 0 Å². The normalized spacial score (nSPS) is 23.3. The lowest BCUT2D eigenvalue weighted by atomic mass is 9.96. The van der Waals surface area contributed by atoms with Gasteiger partial charge >= 0.3 is 0 Å². The maximum atomic E-state index is 5.76. The van der Waals surface area contributed by atoms with E-state index in [2.05, 4.69) is 34.1 Å². The van der Waals surface area contributed by atoms with Crippen LogP contribution in [0, 0.1) is 0 Å². The Labute approximate surface area is 129 Å². The quantitative estimate of drug-likeness (QED) is 0.863. The van der Waals surface area contributed by atoms with E-state index in [-0.39, 0.29) is 0 Å². The zero-order valence-corrected chi connectivity index (χ0v) is 12.9. The molecule has 2 saturated heterocycles. The second-order valence-electron chi connectivity index (χ2n) is 5.95.